The van der Waals surface area contributed by atoms with Gasteiger partial charge in [-0.1, -0.05) is 6.07 Å². The third-order valence-corrected chi connectivity index (χ3v) is 5.50. The van der Waals surface area contributed by atoms with Crippen molar-refractivity contribution in [1.29, 1.82) is 0 Å². The maximum Gasteiger partial charge on any atom is 0.222 e. The molecule has 0 aromatic carbocycles. The third kappa shape index (κ3) is 5.42. The number of piperazine rings is 1. The standard InChI is InChI=1S/C20H31N5O2/c1-16(25-8-4-3-5-20(25)27)13-19(26)22-15-17-6-7-18(21-14-17)24-11-9-23(2)10-12-24/h6-7,14,16H,3-5,8-13,15H2,1-2H3,(H,22,26)/t16-/m0/s1. The van der Waals surface area contributed by atoms with Crippen molar-refractivity contribution >= 4 is 17.6 Å². The molecule has 0 spiro atoms. The van der Waals surface area contributed by atoms with Crippen LogP contribution in [0.25, 0.3) is 0 Å². The lowest BCUT2D eigenvalue weighted by atomic mass is 10.1. The third-order valence-electron chi connectivity index (χ3n) is 5.50. The average molecular weight is 374 g/mol. The highest BCUT2D eigenvalue weighted by Gasteiger charge is 2.24. The zero-order chi connectivity index (χ0) is 19.2. The van der Waals surface area contributed by atoms with Crippen molar-refractivity contribution in [1.82, 2.24) is 20.1 Å². The molecule has 1 aromatic heterocycles. The number of pyridine rings is 1. The average Bonchev–Trinajstić information content (AvgIpc) is 2.68. The molecule has 1 atom stereocenters. The summed E-state index contributed by atoms with van der Waals surface area (Å²) in [6, 6.07) is 4.01. The van der Waals surface area contributed by atoms with Gasteiger partial charge in [-0.3, -0.25) is 9.59 Å². The number of anilines is 1. The molecule has 1 aromatic rings. The van der Waals surface area contributed by atoms with E-state index in [1.54, 1.807) is 0 Å². The summed E-state index contributed by atoms with van der Waals surface area (Å²) in [6.45, 7) is 7.28. The van der Waals surface area contributed by atoms with Crippen LogP contribution in [0.1, 0.15) is 38.2 Å². The van der Waals surface area contributed by atoms with Crippen LogP contribution in [0, 0.1) is 0 Å². The molecule has 3 heterocycles. The Morgan fingerprint density at radius 1 is 1.19 bits per heavy atom. The molecule has 0 bridgehead atoms. The van der Waals surface area contributed by atoms with Crippen LogP contribution in [0.5, 0.6) is 0 Å². The minimum Gasteiger partial charge on any atom is -0.354 e. The topological polar surface area (TPSA) is 68.8 Å². The molecule has 2 aliphatic heterocycles. The Morgan fingerprint density at radius 3 is 2.63 bits per heavy atom. The number of likely N-dealkylation sites (N-methyl/N-ethyl adjacent to an activating group) is 1. The van der Waals surface area contributed by atoms with Crippen LogP contribution in [-0.2, 0) is 16.1 Å². The number of nitrogens with one attached hydrogen (secondary N) is 1. The van der Waals surface area contributed by atoms with E-state index in [1.807, 2.05) is 30.2 Å². The van der Waals surface area contributed by atoms with Gasteiger partial charge in [0.15, 0.2) is 0 Å². The molecule has 2 fully saturated rings. The van der Waals surface area contributed by atoms with Crippen LogP contribution in [0.3, 0.4) is 0 Å². The number of carbonyl (C=O) groups is 2. The molecule has 27 heavy (non-hydrogen) atoms. The van der Waals surface area contributed by atoms with E-state index in [0.717, 1.165) is 56.9 Å². The van der Waals surface area contributed by atoms with Crippen LogP contribution in [-0.4, -0.2) is 72.4 Å². The first-order chi connectivity index (χ1) is 13.0. The largest absolute Gasteiger partial charge is 0.354 e. The predicted molar refractivity (Wildman–Crippen MR) is 105 cm³/mol. The highest BCUT2D eigenvalue weighted by atomic mass is 16.2. The molecule has 0 radical (unpaired) electrons. The van der Waals surface area contributed by atoms with Crippen LogP contribution in [0.4, 0.5) is 5.82 Å². The maximum absolute atomic E-state index is 12.2. The summed E-state index contributed by atoms with van der Waals surface area (Å²) in [5, 5.41) is 2.95. The van der Waals surface area contributed by atoms with Gasteiger partial charge in [0.05, 0.1) is 0 Å². The number of carbonyl (C=O) groups excluding carboxylic acids is 2. The summed E-state index contributed by atoms with van der Waals surface area (Å²) >= 11 is 0. The van der Waals surface area contributed by atoms with Gasteiger partial charge in [-0.05, 0) is 38.4 Å². The molecule has 1 N–H and O–H groups in total. The Kier molecular flexibility index (Phi) is 6.66. The van der Waals surface area contributed by atoms with Gasteiger partial charge in [-0.2, -0.15) is 0 Å². The van der Waals surface area contributed by atoms with Gasteiger partial charge < -0.3 is 20.0 Å². The number of piperidine rings is 1. The molecule has 3 rings (SSSR count). The van der Waals surface area contributed by atoms with Crippen molar-refractivity contribution in [3.63, 3.8) is 0 Å². The summed E-state index contributed by atoms with van der Waals surface area (Å²) in [4.78, 5) is 35.2. The minimum atomic E-state index is -0.0458. The molecular formula is C20H31N5O2. The lowest BCUT2D eigenvalue weighted by Gasteiger charge is -2.33. The number of amides is 2. The summed E-state index contributed by atoms with van der Waals surface area (Å²) < 4.78 is 0. The maximum atomic E-state index is 12.2. The van der Waals surface area contributed by atoms with E-state index >= 15 is 0 Å². The van der Waals surface area contributed by atoms with Crippen molar-refractivity contribution < 1.29 is 9.59 Å². The van der Waals surface area contributed by atoms with E-state index in [2.05, 4.69) is 27.1 Å². The highest BCUT2D eigenvalue weighted by Crippen LogP contribution is 2.16. The monoisotopic (exact) mass is 373 g/mol. The van der Waals surface area contributed by atoms with Gasteiger partial charge in [0.1, 0.15) is 5.82 Å². The fourth-order valence-corrected chi connectivity index (χ4v) is 3.69. The number of hydrogen-bond donors (Lipinski definition) is 1. The lowest BCUT2D eigenvalue weighted by Crippen LogP contribution is -2.44. The Bertz CT molecular complexity index is 640. The molecule has 0 unspecified atom stereocenters. The fraction of sp³-hybridized carbons (Fsp3) is 0.650. The Hall–Kier alpha value is -2.15. The molecule has 2 aliphatic rings. The molecule has 0 saturated carbocycles. The van der Waals surface area contributed by atoms with Crippen LogP contribution in [0.15, 0.2) is 18.3 Å². The van der Waals surface area contributed by atoms with Gasteiger partial charge in [0.25, 0.3) is 0 Å². The van der Waals surface area contributed by atoms with Gasteiger partial charge in [0, 0.05) is 64.3 Å². The second-order valence-corrected chi connectivity index (χ2v) is 7.69. The normalized spacial score (nSPS) is 19.9. The van der Waals surface area contributed by atoms with Crippen LogP contribution >= 0.6 is 0 Å². The zero-order valence-corrected chi connectivity index (χ0v) is 16.5. The Balaban J connectivity index is 1.44. The smallest absolute Gasteiger partial charge is 0.222 e. The van der Waals surface area contributed by atoms with Crippen LogP contribution in [0.2, 0.25) is 0 Å². The quantitative estimate of drug-likeness (QED) is 0.813. The summed E-state index contributed by atoms with van der Waals surface area (Å²) in [5.41, 5.74) is 0.989. The second kappa shape index (κ2) is 9.17. The number of rotatable bonds is 6. The predicted octanol–water partition coefficient (Wildman–Crippen LogP) is 1.24. The molecule has 0 aliphatic carbocycles. The van der Waals surface area contributed by atoms with Gasteiger partial charge >= 0.3 is 0 Å². The molecule has 7 nitrogen and oxygen atoms in total. The molecule has 7 heteroatoms. The van der Waals surface area contributed by atoms with E-state index in [4.69, 9.17) is 0 Å². The molecule has 2 amide bonds. The number of likely N-dealkylation sites (tertiary alicyclic amines) is 1. The Morgan fingerprint density at radius 2 is 1.96 bits per heavy atom. The molecule has 2 saturated heterocycles. The second-order valence-electron chi connectivity index (χ2n) is 7.69. The van der Waals surface area contributed by atoms with Crippen molar-refractivity contribution in [3.05, 3.63) is 23.9 Å². The minimum absolute atomic E-state index is 0.0241. The summed E-state index contributed by atoms with van der Waals surface area (Å²) in [7, 11) is 2.14. The van der Waals surface area contributed by atoms with E-state index < -0.39 is 0 Å². The van der Waals surface area contributed by atoms with Crippen molar-refractivity contribution in [2.24, 2.45) is 0 Å². The van der Waals surface area contributed by atoms with Crippen molar-refractivity contribution in [3.8, 4) is 0 Å². The van der Waals surface area contributed by atoms with Crippen LogP contribution < -0.4 is 10.2 Å². The number of aromatic nitrogens is 1. The van der Waals surface area contributed by atoms with Gasteiger partial charge in [0.2, 0.25) is 11.8 Å². The number of nitrogens with zero attached hydrogens (tertiary/aromatic N) is 4. The highest BCUT2D eigenvalue weighted by molar-refractivity contribution is 5.80. The van der Waals surface area contributed by atoms with E-state index in [0.29, 0.717) is 19.4 Å². The first kappa shape index (κ1) is 19.6. The van der Waals surface area contributed by atoms with E-state index in [-0.39, 0.29) is 17.9 Å². The summed E-state index contributed by atoms with van der Waals surface area (Å²) in [6.07, 6.45) is 4.79. The van der Waals surface area contributed by atoms with Crippen molar-refractivity contribution in [2.45, 2.75) is 45.2 Å². The fourth-order valence-electron chi connectivity index (χ4n) is 3.69. The zero-order valence-electron chi connectivity index (χ0n) is 16.5. The van der Waals surface area contributed by atoms with Crippen molar-refractivity contribution in [2.75, 3.05) is 44.7 Å². The van der Waals surface area contributed by atoms with E-state index in [1.165, 1.54) is 0 Å². The molecular weight excluding hydrogens is 342 g/mol. The molecule has 148 valence electrons. The Labute approximate surface area is 161 Å². The lowest BCUT2D eigenvalue weighted by molar-refractivity contribution is -0.136. The SMILES string of the molecule is C[C@@H](CC(=O)NCc1ccc(N2CCN(C)CC2)nc1)N1CCCCC1=O. The van der Waals surface area contributed by atoms with Gasteiger partial charge in [-0.15, -0.1) is 0 Å². The first-order valence-corrected chi connectivity index (χ1v) is 9.97. The van der Waals surface area contributed by atoms with Gasteiger partial charge in [-0.25, -0.2) is 4.98 Å². The summed E-state index contributed by atoms with van der Waals surface area (Å²) in [5.74, 6) is 1.14. The van der Waals surface area contributed by atoms with E-state index in [9.17, 15) is 9.59 Å². The number of hydrogen-bond acceptors (Lipinski definition) is 5. The first-order valence-electron chi connectivity index (χ1n) is 9.97.